The van der Waals surface area contributed by atoms with E-state index in [9.17, 15) is 9.59 Å². The quantitative estimate of drug-likeness (QED) is 0.696. The molecule has 0 aliphatic carbocycles. The molecule has 2 amide bonds. The molecule has 6 nitrogen and oxygen atoms in total. The van der Waals surface area contributed by atoms with Gasteiger partial charge in [0.25, 0.3) is 11.8 Å². The molecule has 1 N–H and O–H groups in total. The lowest BCUT2D eigenvalue weighted by Crippen LogP contribution is -2.29. The average Bonchev–Trinajstić information content (AvgIpc) is 3.22. The van der Waals surface area contributed by atoms with Crippen LogP contribution in [0.15, 0.2) is 66.7 Å². The van der Waals surface area contributed by atoms with Crippen LogP contribution in [0.5, 0.6) is 11.5 Å². The molecule has 1 heterocycles. The van der Waals surface area contributed by atoms with Crippen molar-refractivity contribution in [3.05, 3.63) is 83.4 Å². The normalized spacial score (nSPS) is 12.3. The van der Waals surface area contributed by atoms with Gasteiger partial charge in [0, 0.05) is 29.0 Å². The number of carbonyl (C=O) groups excluding carboxylic acids is 2. The van der Waals surface area contributed by atoms with Gasteiger partial charge in [0.2, 0.25) is 0 Å². The summed E-state index contributed by atoms with van der Waals surface area (Å²) in [6, 6.07) is 19.7. The zero-order valence-electron chi connectivity index (χ0n) is 16.8. The van der Waals surface area contributed by atoms with Crippen LogP contribution in [0, 0.1) is 0 Å². The molecule has 0 spiro atoms. The Bertz CT molecular complexity index is 1080. The zero-order chi connectivity index (χ0) is 21.1. The van der Waals surface area contributed by atoms with E-state index in [1.54, 1.807) is 79.8 Å². The van der Waals surface area contributed by atoms with Crippen LogP contribution in [0.2, 0.25) is 0 Å². The first kappa shape index (κ1) is 19.5. The Morgan fingerprint density at radius 3 is 2.07 bits per heavy atom. The number of methoxy groups -OCH3 is 2. The molecule has 0 aromatic heterocycles. The third-order valence-corrected chi connectivity index (χ3v) is 5.17. The van der Waals surface area contributed by atoms with Gasteiger partial charge in [-0.2, -0.15) is 0 Å². The lowest BCUT2D eigenvalue weighted by molar-refractivity contribution is 0.0986. The van der Waals surface area contributed by atoms with E-state index in [0.717, 1.165) is 23.4 Å². The number of nitrogens with one attached hydrogen (secondary N) is 1. The molecule has 1 aliphatic rings. The van der Waals surface area contributed by atoms with Crippen LogP contribution in [-0.4, -0.2) is 32.6 Å². The van der Waals surface area contributed by atoms with Gasteiger partial charge in [0.1, 0.15) is 11.5 Å². The monoisotopic (exact) mass is 402 g/mol. The molecule has 3 aromatic rings. The zero-order valence-corrected chi connectivity index (χ0v) is 16.8. The van der Waals surface area contributed by atoms with Crippen molar-refractivity contribution >= 4 is 23.2 Å². The second-order valence-corrected chi connectivity index (χ2v) is 6.96. The van der Waals surface area contributed by atoms with Gasteiger partial charge in [-0.3, -0.25) is 9.59 Å². The summed E-state index contributed by atoms with van der Waals surface area (Å²) < 4.78 is 10.3. The number of hydrogen-bond acceptors (Lipinski definition) is 4. The van der Waals surface area contributed by atoms with Crippen molar-refractivity contribution in [1.29, 1.82) is 0 Å². The van der Waals surface area contributed by atoms with Gasteiger partial charge in [0.05, 0.1) is 14.2 Å². The molecule has 0 atom stereocenters. The Balaban J connectivity index is 1.54. The van der Waals surface area contributed by atoms with E-state index in [-0.39, 0.29) is 11.8 Å². The molecule has 6 heteroatoms. The standard InChI is InChI=1S/C24H22N2O4/c1-29-20-9-5-17(6-10-20)24(28)26-14-13-16-3-4-18(15-22(16)26)23(27)25-19-7-11-21(30-2)12-8-19/h3-12,15H,13-14H2,1-2H3,(H,25,27). The molecule has 1 aliphatic heterocycles. The van der Waals surface area contributed by atoms with E-state index >= 15 is 0 Å². The summed E-state index contributed by atoms with van der Waals surface area (Å²) in [6.45, 7) is 0.587. The first-order chi connectivity index (χ1) is 14.6. The Morgan fingerprint density at radius 2 is 1.43 bits per heavy atom. The van der Waals surface area contributed by atoms with E-state index in [2.05, 4.69) is 5.32 Å². The van der Waals surface area contributed by atoms with Crippen molar-refractivity contribution in [1.82, 2.24) is 0 Å². The van der Waals surface area contributed by atoms with Crippen molar-refractivity contribution < 1.29 is 19.1 Å². The minimum atomic E-state index is -0.230. The third-order valence-electron chi connectivity index (χ3n) is 5.17. The molecule has 3 aromatic carbocycles. The number of benzene rings is 3. The second kappa shape index (κ2) is 8.29. The molecule has 4 rings (SSSR count). The van der Waals surface area contributed by atoms with Crippen LogP contribution in [0.25, 0.3) is 0 Å². The fourth-order valence-electron chi connectivity index (χ4n) is 3.50. The maximum atomic E-state index is 13.0. The molecular formula is C24H22N2O4. The SMILES string of the molecule is COc1ccc(NC(=O)c2ccc3c(c2)N(C(=O)c2ccc(OC)cc2)CC3)cc1. The average molecular weight is 402 g/mol. The Hall–Kier alpha value is -3.80. The fourth-order valence-corrected chi connectivity index (χ4v) is 3.50. The van der Waals surface area contributed by atoms with Gasteiger partial charge in [-0.1, -0.05) is 6.07 Å². The van der Waals surface area contributed by atoms with Gasteiger partial charge < -0.3 is 19.7 Å². The first-order valence-electron chi connectivity index (χ1n) is 9.63. The van der Waals surface area contributed by atoms with Crippen molar-refractivity contribution in [3.8, 4) is 11.5 Å². The van der Waals surface area contributed by atoms with Crippen LogP contribution >= 0.6 is 0 Å². The highest BCUT2D eigenvalue weighted by molar-refractivity contribution is 6.09. The first-order valence-corrected chi connectivity index (χ1v) is 9.63. The van der Waals surface area contributed by atoms with Crippen molar-refractivity contribution in [2.24, 2.45) is 0 Å². The van der Waals surface area contributed by atoms with Crippen molar-refractivity contribution in [2.45, 2.75) is 6.42 Å². The maximum Gasteiger partial charge on any atom is 0.258 e. The van der Waals surface area contributed by atoms with Crippen LogP contribution in [0.1, 0.15) is 26.3 Å². The van der Waals surface area contributed by atoms with Gasteiger partial charge >= 0.3 is 0 Å². The number of anilines is 2. The summed E-state index contributed by atoms with van der Waals surface area (Å²) in [6.07, 6.45) is 0.762. The summed E-state index contributed by atoms with van der Waals surface area (Å²) in [4.78, 5) is 27.5. The molecule has 152 valence electrons. The molecule has 0 saturated heterocycles. The summed E-state index contributed by atoms with van der Waals surface area (Å²) >= 11 is 0. The highest BCUT2D eigenvalue weighted by Crippen LogP contribution is 2.31. The number of ether oxygens (including phenoxy) is 2. The maximum absolute atomic E-state index is 13.0. The lowest BCUT2D eigenvalue weighted by Gasteiger charge is -2.18. The minimum Gasteiger partial charge on any atom is -0.497 e. The minimum absolute atomic E-state index is 0.0934. The third kappa shape index (κ3) is 3.85. The number of nitrogens with zero attached hydrogens (tertiary/aromatic N) is 1. The molecule has 0 unspecified atom stereocenters. The summed E-state index contributed by atoms with van der Waals surface area (Å²) in [5.74, 6) is 1.10. The molecule has 0 fully saturated rings. The van der Waals surface area contributed by atoms with E-state index in [1.165, 1.54) is 0 Å². The topological polar surface area (TPSA) is 67.9 Å². The number of amides is 2. The lowest BCUT2D eigenvalue weighted by atomic mass is 10.1. The van der Waals surface area contributed by atoms with Crippen molar-refractivity contribution in [3.63, 3.8) is 0 Å². The molecule has 30 heavy (non-hydrogen) atoms. The Labute approximate surface area is 175 Å². The summed E-state index contributed by atoms with van der Waals surface area (Å²) in [7, 11) is 3.18. The molecule has 0 saturated carbocycles. The van der Waals surface area contributed by atoms with E-state index in [1.807, 2.05) is 6.07 Å². The largest absolute Gasteiger partial charge is 0.497 e. The van der Waals surface area contributed by atoms with Crippen molar-refractivity contribution in [2.75, 3.05) is 31.0 Å². The predicted octanol–water partition coefficient (Wildman–Crippen LogP) is 4.16. The second-order valence-electron chi connectivity index (χ2n) is 6.96. The molecule has 0 radical (unpaired) electrons. The highest BCUT2D eigenvalue weighted by Gasteiger charge is 2.26. The highest BCUT2D eigenvalue weighted by atomic mass is 16.5. The number of rotatable bonds is 5. The van der Waals surface area contributed by atoms with Crippen LogP contribution < -0.4 is 19.7 Å². The molecule has 0 bridgehead atoms. The molecular weight excluding hydrogens is 380 g/mol. The smallest absolute Gasteiger partial charge is 0.258 e. The number of fused-ring (bicyclic) bond motifs is 1. The van der Waals surface area contributed by atoms with Gasteiger partial charge in [-0.05, 0) is 72.6 Å². The predicted molar refractivity (Wildman–Crippen MR) is 116 cm³/mol. The Kier molecular flexibility index (Phi) is 5.39. The van der Waals surface area contributed by atoms with Gasteiger partial charge in [-0.15, -0.1) is 0 Å². The van der Waals surface area contributed by atoms with E-state index in [0.29, 0.717) is 29.1 Å². The van der Waals surface area contributed by atoms with Crippen LogP contribution in [0.4, 0.5) is 11.4 Å². The fraction of sp³-hybridized carbons (Fsp3) is 0.167. The van der Waals surface area contributed by atoms with Gasteiger partial charge in [-0.25, -0.2) is 0 Å². The summed E-state index contributed by atoms with van der Waals surface area (Å²) in [5, 5.41) is 2.88. The van der Waals surface area contributed by atoms with Gasteiger partial charge in [0.15, 0.2) is 0 Å². The van der Waals surface area contributed by atoms with Crippen LogP contribution in [0.3, 0.4) is 0 Å². The number of carbonyl (C=O) groups is 2. The number of hydrogen-bond donors (Lipinski definition) is 1. The Morgan fingerprint density at radius 1 is 0.833 bits per heavy atom. The van der Waals surface area contributed by atoms with E-state index in [4.69, 9.17) is 9.47 Å². The van der Waals surface area contributed by atoms with Crippen LogP contribution in [-0.2, 0) is 6.42 Å². The van der Waals surface area contributed by atoms with E-state index < -0.39 is 0 Å². The summed E-state index contributed by atoms with van der Waals surface area (Å²) in [5.41, 5.74) is 3.58.